The molecule has 0 unspecified atom stereocenters. The molecule has 19 nitrogen and oxygen atoms in total. The van der Waals surface area contributed by atoms with Crippen molar-refractivity contribution in [1.82, 2.24) is 37.1 Å². The average molecular weight is 1180 g/mol. The highest BCUT2D eigenvalue weighted by molar-refractivity contribution is 7.88. The van der Waals surface area contributed by atoms with Gasteiger partial charge in [-0.2, -0.15) is 25.4 Å². The normalized spacial score (nSPS) is 15.5. The monoisotopic (exact) mass is 1180 g/mol. The standard InChI is InChI=1S/C35H39N5O5S.C28H31N3O6S/c1-38(2)46(43,44)37-34(41)24-13-15-30-31(20-24)40-21-26(35(42)39(3)22-27-12-8-9-17-36-27)18-25-19-28(45-4)14-16-29(25)33(40)32(30)23-10-6-5-7-11-23;1-30(2)38(35,36)29-27(32)18-9-11-23-24(15-18)31-16-20(28(33)34)13-19-14-21(37-3)10-12-22(19)26(31)25(23)17-7-5-4-6-8-17/h8-9,12-20,23H,5-7,10-11,21-22H2,1-4H3,(H,37,41);9-15,17H,4-8,16H2,1-3H3,(H,29,32)(H,33,34). The summed E-state index contributed by atoms with van der Waals surface area (Å²) in [5.41, 5.74) is 11.3. The number of carbonyl (C=O) groups is 4. The highest BCUT2D eigenvalue weighted by atomic mass is 32.2. The van der Waals surface area contributed by atoms with Crippen LogP contribution in [0.1, 0.15) is 125 Å². The summed E-state index contributed by atoms with van der Waals surface area (Å²) >= 11 is 0. The minimum atomic E-state index is -3.99. The molecule has 2 aliphatic carbocycles. The van der Waals surface area contributed by atoms with Crippen molar-refractivity contribution in [2.45, 2.75) is 95.7 Å². The van der Waals surface area contributed by atoms with E-state index in [4.69, 9.17) is 9.47 Å². The van der Waals surface area contributed by atoms with Gasteiger partial charge in [-0.05, 0) is 145 Å². The number of carboxylic acid groups (broad SMARTS) is 1. The van der Waals surface area contributed by atoms with E-state index in [1.54, 1.807) is 62.7 Å². The zero-order chi connectivity index (χ0) is 59.8. The molecule has 84 heavy (non-hydrogen) atoms. The number of ether oxygens (including phenoxy) is 2. The number of methoxy groups -OCH3 is 2. The predicted molar refractivity (Wildman–Crippen MR) is 324 cm³/mol. The molecule has 2 saturated carbocycles. The molecule has 3 aromatic heterocycles. The second kappa shape index (κ2) is 24.2. The van der Waals surface area contributed by atoms with Gasteiger partial charge in [0.05, 0.1) is 56.5 Å². The average Bonchev–Trinajstić information content (AvgIpc) is 1.73. The molecule has 4 aliphatic rings. The second-order valence-electron chi connectivity index (χ2n) is 22.3. The lowest BCUT2D eigenvalue weighted by atomic mass is 9.81. The number of aliphatic carboxylic acids is 1. The zero-order valence-electron chi connectivity index (χ0n) is 48.3. The van der Waals surface area contributed by atoms with Crippen LogP contribution >= 0.6 is 0 Å². The molecule has 3 N–H and O–H groups in total. The highest BCUT2D eigenvalue weighted by Gasteiger charge is 2.34. The van der Waals surface area contributed by atoms with E-state index in [0.717, 1.165) is 121 Å². The number of likely N-dealkylation sites (N-methyl/N-ethyl adjacent to an activating group) is 1. The van der Waals surface area contributed by atoms with Gasteiger partial charge < -0.3 is 28.6 Å². The number of fused-ring (bicyclic) bond motifs is 10. The number of benzene rings is 4. The molecule has 2 aliphatic heterocycles. The predicted octanol–water partition coefficient (Wildman–Crippen LogP) is 9.73. The Morgan fingerprint density at radius 2 is 1.05 bits per heavy atom. The number of carbonyl (C=O) groups excluding carboxylic acids is 3. The number of nitrogens with zero attached hydrogens (tertiary/aromatic N) is 6. The van der Waals surface area contributed by atoms with Crippen molar-refractivity contribution in [2.75, 3.05) is 49.5 Å². The fraction of sp³-hybridized carbons (Fsp3) is 0.349. The van der Waals surface area contributed by atoms with E-state index in [1.807, 2.05) is 77.4 Å². The first-order valence-corrected chi connectivity index (χ1v) is 31.0. The van der Waals surface area contributed by atoms with Crippen molar-refractivity contribution < 1.29 is 50.6 Å². The summed E-state index contributed by atoms with van der Waals surface area (Å²) in [7, 11) is 2.43. The number of aromatic nitrogens is 3. The number of hydrogen-bond acceptors (Lipinski definition) is 11. The summed E-state index contributed by atoms with van der Waals surface area (Å²) in [4.78, 5) is 58.6. The third-order valence-corrected chi connectivity index (χ3v) is 19.3. The Hall–Kier alpha value is -8.11. The van der Waals surface area contributed by atoms with Crippen molar-refractivity contribution in [3.63, 3.8) is 0 Å². The quantitative estimate of drug-likeness (QED) is 0.0924. The van der Waals surface area contributed by atoms with Gasteiger partial charge in [-0.25, -0.2) is 14.2 Å². The first kappa shape index (κ1) is 59.1. The van der Waals surface area contributed by atoms with Crippen LogP contribution in [0.15, 0.2) is 108 Å². The van der Waals surface area contributed by atoms with Crippen LogP contribution in [0.3, 0.4) is 0 Å². The van der Waals surface area contributed by atoms with Gasteiger partial charge >= 0.3 is 26.4 Å². The van der Waals surface area contributed by atoms with Crippen LogP contribution in [0.2, 0.25) is 0 Å². The van der Waals surface area contributed by atoms with Gasteiger partial charge in [-0.15, -0.1) is 0 Å². The number of pyridine rings is 1. The molecule has 7 aromatic rings. The smallest absolute Gasteiger partial charge is 0.333 e. The van der Waals surface area contributed by atoms with Gasteiger partial charge in [0.15, 0.2) is 0 Å². The van der Waals surface area contributed by atoms with Gasteiger partial charge in [0.1, 0.15) is 11.5 Å². The van der Waals surface area contributed by atoms with Crippen LogP contribution in [0.25, 0.3) is 56.5 Å². The summed E-state index contributed by atoms with van der Waals surface area (Å²) in [5, 5.41) is 12.0. The van der Waals surface area contributed by atoms with E-state index in [1.165, 1.54) is 46.6 Å². The minimum absolute atomic E-state index is 0.103. The molecule has 11 rings (SSSR count). The SMILES string of the molecule is COc1ccc2c(c1)C=C(C(=O)N(C)Cc1ccccn1)Cn1c-2c(C2CCCCC2)c2ccc(C(=O)NS(=O)(=O)N(C)C)cc21.COc1ccc2c(c1)C=C(C(=O)O)Cn1c-2c(C2CCCCC2)c2ccc(C(=O)NS(=O)(=O)N(C)C)cc21. The molecular formula is C63H70N8O11S2. The molecule has 5 heterocycles. The van der Waals surface area contributed by atoms with E-state index in [2.05, 4.69) is 19.0 Å². The third kappa shape index (κ3) is 11.9. The Morgan fingerprint density at radius 1 is 0.595 bits per heavy atom. The lowest BCUT2D eigenvalue weighted by Crippen LogP contribution is -2.39. The van der Waals surface area contributed by atoms with Crippen molar-refractivity contribution in [3.8, 4) is 34.0 Å². The molecule has 0 spiro atoms. The number of hydrogen-bond donors (Lipinski definition) is 3. The maximum atomic E-state index is 14.1. The van der Waals surface area contributed by atoms with E-state index in [0.29, 0.717) is 35.1 Å². The van der Waals surface area contributed by atoms with E-state index in [-0.39, 0.29) is 41.6 Å². The Morgan fingerprint density at radius 3 is 1.46 bits per heavy atom. The summed E-state index contributed by atoms with van der Waals surface area (Å²) in [6.07, 6.45) is 16.4. The maximum Gasteiger partial charge on any atom is 0.333 e. The van der Waals surface area contributed by atoms with Crippen molar-refractivity contribution >= 4 is 78.1 Å². The van der Waals surface area contributed by atoms with Gasteiger partial charge in [0, 0.05) is 91.1 Å². The Labute approximate surface area is 489 Å². The molecule has 440 valence electrons. The van der Waals surface area contributed by atoms with Crippen molar-refractivity contribution in [2.24, 2.45) is 0 Å². The number of rotatable bonds is 14. The minimum Gasteiger partial charge on any atom is -0.497 e. The molecule has 0 radical (unpaired) electrons. The second-order valence-corrected chi connectivity index (χ2v) is 26.1. The van der Waals surface area contributed by atoms with Crippen molar-refractivity contribution in [1.29, 1.82) is 0 Å². The maximum absolute atomic E-state index is 14.1. The van der Waals surface area contributed by atoms with Gasteiger partial charge in [-0.1, -0.05) is 56.7 Å². The lowest BCUT2D eigenvalue weighted by molar-refractivity contribution is -0.132. The lowest BCUT2D eigenvalue weighted by Gasteiger charge is -2.24. The van der Waals surface area contributed by atoms with E-state index < -0.39 is 38.2 Å². The third-order valence-electron chi connectivity index (χ3n) is 16.5. The summed E-state index contributed by atoms with van der Waals surface area (Å²) in [6.45, 7) is 0.715. The number of amides is 3. The first-order valence-electron chi connectivity index (χ1n) is 28.2. The summed E-state index contributed by atoms with van der Waals surface area (Å²) in [5.74, 6) is -0.715. The number of carboxylic acids is 1. The Bertz CT molecular complexity index is 4040. The molecular weight excluding hydrogens is 1110 g/mol. The topological polar surface area (TPSA) is 232 Å². The molecule has 4 aromatic carbocycles. The highest BCUT2D eigenvalue weighted by Crippen LogP contribution is 2.49. The molecule has 3 amide bonds. The van der Waals surface area contributed by atoms with Gasteiger partial charge in [-0.3, -0.25) is 19.4 Å². The fourth-order valence-corrected chi connectivity index (χ4v) is 13.3. The van der Waals surface area contributed by atoms with Crippen LogP contribution in [0, 0.1) is 0 Å². The first-order chi connectivity index (χ1) is 40.2. The molecule has 2 fully saturated rings. The summed E-state index contributed by atoms with van der Waals surface area (Å²) < 4.78 is 70.8. The van der Waals surface area contributed by atoms with Gasteiger partial charge in [0.2, 0.25) is 0 Å². The van der Waals surface area contributed by atoms with Gasteiger partial charge in [0.25, 0.3) is 17.7 Å². The summed E-state index contributed by atoms with van der Waals surface area (Å²) in [6, 6.07) is 27.8. The number of nitrogens with one attached hydrogen (secondary N) is 2. The molecule has 0 saturated heterocycles. The van der Waals surface area contributed by atoms with Crippen LogP contribution in [-0.2, 0) is 49.6 Å². The zero-order valence-corrected chi connectivity index (χ0v) is 49.9. The molecule has 0 bridgehead atoms. The molecule has 0 atom stereocenters. The Kier molecular flexibility index (Phi) is 17.0. The van der Waals surface area contributed by atoms with Crippen LogP contribution < -0.4 is 18.9 Å². The largest absolute Gasteiger partial charge is 0.497 e. The molecule has 21 heteroatoms. The Balaban J connectivity index is 0.000000191. The van der Waals surface area contributed by atoms with E-state index in [9.17, 15) is 41.1 Å². The van der Waals surface area contributed by atoms with E-state index >= 15 is 0 Å². The van der Waals surface area contributed by atoms with Crippen LogP contribution in [-0.4, -0.2) is 123 Å². The fourth-order valence-electron chi connectivity index (χ4n) is 12.2. The van der Waals surface area contributed by atoms with Crippen LogP contribution in [0.4, 0.5) is 0 Å². The van der Waals surface area contributed by atoms with Crippen molar-refractivity contribution in [3.05, 3.63) is 147 Å². The van der Waals surface area contributed by atoms with Crippen LogP contribution in [0.5, 0.6) is 11.5 Å².